The van der Waals surface area contributed by atoms with Gasteiger partial charge in [0, 0.05) is 19.0 Å². The Morgan fingerprint density at radius 2 is 2.64 bits per heavy atom. The molecular weight excluding hydrogens is 140 g/mol. The van der Waals surface area contributed by atoms with Crippen molar-refractivity contribution in [1.82, 2.24) is 10.6 Å². The number of amides is 1. The zero-order valence-electron chi connectivity index (χ0n) is 6.61. The smallest absolute Gasteiger partial charge is 0.221 e. The van der Waals surface area contributed by atoms with Crippen molar-refractivity contribution in [2.75, 3.05) is 13.1 Å². The maximum absolute atomic E-state index is 10.7. The highest BCUT2D eigenvalue weighted by Gasteiger charge is 2.19. The molecule has 0 saturated carbocycles. The molecular formula is C8H12N2O. The summed E-state index contributed by atoms with van der Waals surface area (Å²) in [7, 11) is 0. The molecule has 0 aliphatic carbocycles. The Morgan fingerprint density at radius 1 is 1.82 bits per heavy atom. The van der Waals surface area contributed by atoms with Crippen molar-refractivity contribution >= 4 is 5.91 Å². The second-order valence-electron chi connectivity index (χ2n) is 2.51. The van der Waals surface area contributed by atoms with Crippen molar-refractivity contribution < 1.29 is 4.79 Å². The Kier molecular flexibility index (Phi) is 2.94. The number of carbonyl (C=O) groups excluding carboxylic acids is 1. The number of hydrogen-bond donors (Lipinski definition) is 2. The number of hydrogen-bond acceptors (Lipinski definition) is 2. The van der Waals surface area contributed by atoms with Gasteiger partial charge in [-0.1, -0.05) is 5.92 Å². The van der Waals surface area contributed by atoms with E-state index in [1.807, 2.05) is 0 Å². The monoisotopic (exact) mass is 152 g/mol. The van der Waals surface area contributed by atoms with E-state index in [0.717, 1.165) is 6.54 Å². The third kappa shape index (κ3) is 2.60. The van der Waals surface area contributed by atoms with Gasteiger partial charge in [0.05, 0.1) is 6.54 Å². The van der Waals surface area contributed by atoms with Gasteiger partial charge < -0.3 is 10.6 Å². The summed E-state index contributed by atoms with van der Waals surface area (Å²) in [6, 6.07) is 0.281. The van der Waals surface area contributed by atoms with E-state index >= 15 is 0 Å². The first-order valence-electron chi connectivity index (χ1n) is 3.72. The van der Waals surface area contributed by atoms with Crippen LogP contribution in [0.5, 0.6) is 0 Å². The molecule has 60 valence electrons. The molecule has 1 amide bonds. The Hall–Kier alpha value is -1.01. The van der Waals surface area contributed by atoms with Crippen molar-refractivity contribution in [2.45, 2.75) is 19.4 Å². The lowest BCUT2D eigenvalue weighted by Gasteiger charge is -2.04. The van der Waals surface area contributed by atoms with E-state index in [1.165, 1.54) is 0 Å². The predicted octanol–water partition coefficient (Wildman–Crippen LogP) is -0.512. The lowest BCUT2D eigenvalue weighted by Crippen LogP contribution is -2.31. The SMILES string of the molecule is CC#CCNC1CNC(=O)C1. The summed E-state index contributed by atoms with van der Waals surface area (Å²) in [5, 5.41) is 5.90. The van der Waals surface area contributed by atoms with Crippen LogP contribution in [0.15, 0.2) is 0 Å². The average Bonchev–Trinajstić information content (AvgIpc) is 2.37. The van der Waals surface area contributed by atoms with Crippen LogP contribution in [0.3, 0.4) is 0 Å². The Balaban J connectivity index is 2.16. The maximum atomic E-state index is 10.7. The first-order chi connectivity index (χ1) is 5.33. The second kappa shape index (κ2) is 3.99. The Labute approximate surface area is 66.5 Å². The molecule has 1 saturated heterocycles. The molecule has 1 aliphatic heterocycles. The Morgan fingerprint density at radius 3 is 3.18 bits per heavy atom. The molecule has 1 fully saturated rings. The van der Waals surface area contributed by atoms with Gasteiger partial charge in [-0.15, -0.1) is 5.92 Å². The second-order valence-corrected chi connectivity index (χ2v) is 2.51. The molecule has 0 aromatic carbocycles. The minimum Gasteiger partial charge on any atom is -0.354 e. The molecule has 11 heavy (non-hydrogen) atoms. The van der Waals surface area contributed by atoms with Crippen LogP contribution in [0.25, 0.3) is 0 Å². The van der Waals surface area contributed by atoms with Crippen LogP contribution in [0.2, 0.25) is 0 Å². The van der Waals surface area contributed by atoms with Crippen LogP contribution in [0.4, 0.5) is 0 Å². The van der Waals surface area contributed by atoms with Gasteiger partial charge in [-0.3, -0.25) is 4.79 Å². The van der Waals surface area contributed by atoms with Crippen LogP contribution in [-0.4, -0.2) is 25.0 Å². The topological polar surface area (TPSA) is 41.1 Å². The van der Waals surface area contributed by atoms with E-state index in [9.17, 15) is 4.79 Å². The standard InChI is InChI=1S/C8H12N2O/c1-2-3-4-9-7-5-8(11)10-6-7/h7,9H,4-6H2,1H3,(H,10,11). The quantitative estimate of drug-likeness (QED) is 0.523. The first-order valence-corrected chi connectivity index (χ1v) is 3.72. The van der Waals surface area contributed by atoms with Gasteiger partial charge in [0.15, 0.2) is 0 Å². The number of rotatable bonds is 2. The van der Waals surface area contributed by atoms with Gasteiger partial charge >= 0.3 is 0 Å². The van der Waals surface area contributed by atoms with Crippen molar-refractivity contribution in [3.63, 3.8) is 0 Å². The van der Waals surface area contributed by atoms with Gasteiger partial charge in [-0.25, -0.2) is 0 Å². The van der Waals surface area contributed by atoms with E-state index in [2.05, 4.69) is 22.5 Å². The third-order valence-electron chi connectivity index (χ3n) is 1.63. The highest BCUT2D eigenvalue weighted by atomic mass is 16.1. The van der Waals surface area contributed by atoms with Gasteiger partial charge in [0.1, 0.15) is 0 Å². The lowest BCUT2D eigenvalue weighted by atomic mass is 10.2. The molecule has 1 aliphatic rings. The van der Waals surface area contributed by atoms with Crippen LogP contribution < -0.4 is 10.6 Å². The molecule has 1 rings (SSSR count). The van der Waals surface area contributed by atoms with Crippen molar-refractivity contribution in [2.24, 2.45) is 0 Å². The van der Waals surface area contributed by atoms with Gasteiger partial charge in [0.25, 0.3) is 0 Å². The minimum absolute atomic E-state index is 0.131. The van der Waals surface area contributed by atoms with E-state index in [1.54, 1.807) is 6.92 Å². The highest BCUT2D eigenvalue weighted by Crippen LogP contribution is 1.97. The first kappa shape index (κ1) is 8.09. The van der Waals surface area contributed by atoms with Gasteiger partial charge in [-0.05, 0) is 6.92 Å². The van der Waals surface area contributed by atoms with Crippen molar-refractivity contribution in [1.29, 1.82) is 0 Å². The molecule has 0 bridgehead atoms. The fourth-order valence-electron chi connectivity index (χ4n) is 1.03. The molecule has 2 N–H and O–H groups in total. The normalized spacial score (nSPS) is 22.3. The van der Waals surface area contributed by atoms with Crippen LogP contribution in [0, 0.1) is 11.8 Å². The van der Waals surface area contributed by atoms with Crippen molar-refractivity contribution in [3.05, 3.63) is 0 Å². The Bertz CT molecular complexity index is 202. The van der Waals surface area contributed by atoms with Crippen molar-refractivity contribution in [3.8, 4) is 11.8 Å². The zero-order chi connectivity index (χ0) is 8.10. The van der Waals surface area contributed by atoms with Gasteiger partial charge in [-0.2, -0.15) is 0 Å². The number of carbonyl (C=O) groups is 1. The van der Waals surface area contributed by atoms with Crippen LogP contribution in [-0.2, 0) is 4.79 Å². The molecule has 1 atom stereocenters. The summed E-state index contributed by atoms with van der Waals surface area (Å²) in [5.41, 5.74) is 0. The van der Waals surface area contributed by atoms with E-state index < -0.39 is 0 Å². The summed E-state index contributed by atoms with van der Waals surface area (Å²) >= 11 is 0. The summed E-state index contributed by atoms with van der Waals surface area (Å²) < 4.78 is 0. The van der Waals surface area contributed by atoms with E-state index in [-0.39, 0.29) is 11.9 Å². The fourth-order valence-corrected chi connectivity index (χ4v) is 1.03. The minimum atomic E-state index is 0.131. The molecule has 0 radical (unpaired) electrons. The zero-order valence-corrected chi connectivity index (χ0v) is 6.61. The molecule has 1 unspecified atom stereocenters. The van der Waals surface area contributed by atoms with Crippen LogP contribution in [0.1, 0.15) is 13.3 Å². The van der Waals surface area contributed by atoms with Crippen LogP contribution >= 0.6 is 0 Å². The lowest BCUT2D eigenvalue weighted by molar-refractivity contribution is -0.119. The molecule has 0 spiro atoms. The number of nitrogens with one attached hydrogen (secondary N) is 2. The third-order valence-corrected chi connectivity index (χ3v) is 1.63. The molecule has 3 nitrogen and oxygen atoms in total. The fraction of sp³-hybridized carbons (Fsp3) is 0.625. The molecule has 0 aromatic heterocycles. The predicted molar refractivity (Wildman–Crippen MR) is 42.9 cm³/mol. The summed E-state index contributed by atoms with van der Waals surface area (Å²) in [4.78, 5) is 10.7. The molecule has 3 heteroatoms. The van der Waals surface area contributed by atoms with E-state index in [4.69, 9.17) is 0 Å². The largest absolute Gasteiger partial charge is 0.354 e. The molecule has 0 aromatic rings. The summed E-state index contributed by atoms with van der Waals surface area (Å²) in [5.74, 6) is 5.81. The maximum Gasteiger partial charge on any atom is 0.221 e. The molecule has 1 heterocycles. The van der Waals surface area contributed by atoms with E-state index in [0.29, 0.717) is 13.0 Å². The van der Waals surface area contributed by atoms with Gasteiger partial charge in [0.2, 0.25) is 5.91 Å². The summed E-state index contributed by atoms with van der Waals surface area (Å²) in [6.07, 6.45) is 0.589. The highest BCUT2D eigenvalue weighted by molar-refractivity contribution is 5.78. The average molecular weight is 152 g/mol. The summed E-state index contributed by atoms with van der Waals surface area (Å²) in [6.45, 7) is 3.22.